The van der Waals surface area contributed by atoms with Crippen LogP contribution in [0, 0.1) is 0 Å². The highest BCUT2D eigenvalue weighted by atomic mass is 16.3. The number of rotatable bonds is 3. The normalized spacial score (nSPS) is 12.4. The molecule has 5 heteroatoms. The molecule has 2 heterocycles. The Kier molecular flexibility index (Phi) is 2.76. The Balaban J connectivity index is 2.06. The van der Waals surface area contributed by atoms with Gasteiger partial charge in [0.2, 0.25) is 0 Å². The molecule has 1 unspecified atom stereocenters. The second kappa shape index (κ2) is 4.22. The summed E-state index contributed by atoms with van der Waals surface area (Å²) >= 11 is 0. The minimum atomic E-state index is -0.236. The fourth-order valence-corrected chi connectivity index (χ4v) is 1.53. The molecule has 2 rings (SSSR count). The van der Waals surface area contributed by atoms with Gasteiger partial charge in [-0.25, -0.2) is 4.98 Å². The zero-order valence-corrected chi connectivity index (χ0v) is 9.18. The summed E-state index contributed by atoms with van der Waals surface area (Å²) < 4.78 is 6.87. The maximum Gasteiger partial charge on any atom is 0.287 e. The third kappa shape index (κ3) is 1.98. The van der Waals surface area contributed by atoms with Gasteiger partial charge < -0.3 is 14.3 Å². The second-order valence-electron chi connectivity index (χ2n) is 3.57. The standard InChI is InChI=1S/C11H13N3O2/c1-8(10-12-5-6-14(10)2)13-11(15)9-4-3-7-16-9/h3-8H,1-2H3,(H,13,15). The predicted molar refractivity (Wildman–Crippen MR) is 57.8 cm³/mol. The number of aromatic nitrogens is 2. The topological polar surface area (TPSA) is 60.1 Å². The van der Waals surface area contributed by atoms with E-state index in [2.05, 4.69) is 10.3 Å². The minimum absolute atomic E-state index is 0.155. The first-order valence-corrected chi connectivity index (χ1v) is 5.00. The van der Waals surface area contributed by atoms with Crippen LogP contribution in [0.25, 0.3) is 0 Å². The number of carbonyl (C=O) groups excluding carboxylic acids is 1. The number of furan rings is 1. The molecule has 0 fully saturated rings. The van der Waals surface area contributed by atoms with Gasteiger partial charge in [0.25, 0.3) is 5.91 Å². The fourth-order valence-electron chi connectivity index (χ4n) is 1.53. The van der Waals surface area contributed by atoms with E-state index in [9.17, 15) is 4.79 Å². The van der Waals surface area contributed by atoms with E-state index in [1.807, 2.05) is 24.7 Å². The van der Waals surface area contributed by atoms with Gasteiger partial charge in [-0.05, 0) is 19.1 Å². The summed E-state index contributed by atoms with van der Waals surface area (Å²) in [5.41, 5.74) is 0. The molecule has 0 aliphatic carbocycles. The van der Waals surface area contributed by atoms with Gasteiger partial charge in [-0.15, -0.1) is 0 Å². The van der Waals surface area contributed by atoms with Crippen LogP contribution in [-0.4, -0.2) is 15.5 Å². The number of hydrogen-bond acceptors (Lipinski definition) is 3. The van der Waals surface area contributed by atoms with E-state index in [4.69, 9.17) is 4.42 Å². The lowest BCUT2D eigenvalue weighted by Crippen LogP contribution is -2.28. The lowest BCUT2D eigenvalue weighted by atomic mass is 10.3. The summed E-state index contributed by atoms with van der Waals surface area (Å²) in [6.45, 7) is 1.88. The summed E-state index contributed by atoms with van der Waals surface area (Å²) in [5.74, 6) is 0.876. The molecule has 16 heavy (non-hydrogen) atoms. The number of amides is 1. The van der Waals surface area contributed by atoms with Crippen LogP contribution in [-0.2, 0) is 7.05 Å². The van der Waals surface area contributed by atoms with Gasteiger partial charge >= 0.3 is 0 Å². The molecule has 1 atom stereocenters. The molecule has 0 spiro atoms. The maximum absolute atomic E-state index is 11.7. The molecule has 5 nitrogen and oxygen atoms in total. The Labute approximate surface area is 93.1 Å². The van der Waals surface area contributed by atoms with Crippen molar-refractivity contribution in [3.8, 4) is 0 Å². The molecule has 0 aliphatic heterocycles. The van der Waals surface area contributed by atoms with Gasteiger partial charge in [-0.1, -0.05) is 0 Å². The zero-order valence-electron chi connectivity index (χ0n) is 9.18. The molecule has 84 valence electrons. The zero-order chi connectivity index (χ0) is 11.5. The molecular weight excluding hydrogens is 206 g/mol. The smallest absolute Gasteiger partial charge is 0.287 e. The van der Waals surface area contributed by atoms with Crippen molar-refractivity contribution in [2.24, 2.45) is 7.05 Å². The van der Waals surface area contributed by atoms with Gasteiger partial charge in [-0.3, -0.25) is 4.79 Å². The first kappa shape index (κ1) is 10.5. The quantitative estimate of drug-likeness (QED) is 0.851. The summed E-state index contributed by atoms with van der Waals surface area (Å²) in [7, 11) is 1.89. The largest absolute Gasteiger partial charge is 0.459 e. The van der Waals surface area contributed by atoms with Crippen LogP contribution in [0.5, 0.6) is 0 Å². The highest BCUT2D eigenvalue weighted by Crippen LogP contribution is 2.10. The number of aryl methyl sites for hydroxylation is 1. The second-order valence-corrected chi connectivity index (χ2v) is 3.57. The van der Waals surface area contributed by atoms with Crippen LogP contribution in [0.4, 0.5) is 0 Å². The van der Waals surface area contributed by atoms with Crippen molar-refractivity contribution in [1.82, 2.24) is 14.9 Å². The summed E-state index contributed by atoms with van der Waals surface area (Å²) in [6, 6.07) is 3.15. The summed E-state index contributed by atoms with van der Waals surface area (Å²) in [5, 5.41) is 2.81. The number of imidazole rings is 1. The third-order valence-electron chi connectivity index (χ3n) is 2.34. The van der Waals surface area contributed by atoms with Crippen LogP contribution in [0.2, 0.25) is 0 Å². The van der Waals surface area contributed by atoms with Gasteiger partial charge in [0.1, 0.15) is 5.82 Å². The number of carbonyl (C=O) groups is 1. The average Bonchev–Trinajstić information content (AvgIpc) is 2.86. The van der Waals surface area contributed by atoms with Crippen LogP contribution in [0.3, 0.4) is 0 Å². The first-order chi connectivity index (χ1) is 7.68. The Morgan fingerprint density at radius 2 is 2.44 bits per heavy atom. The number of hydrogen-bond donors (Lipinski definition) is 1. The molecular formula is C11H13N3O2. The molecule has 1 N–H and O–H groups in total. The molecule has 0 bridgehead atoms. The molecule has 1 amide bonds. The van der Waals surface area contributed by atoms with Crippen LogP contribution in [0.1, 0.15) is 29.3 Å². The van der Waals surface area contributed by atoms with Crippen molar-refractivity contribution in [3.05, 3.63) is 42.4 Å². The minimum Gasteiger partial charge on any atom is -0.459 e. The molecule has 0 aromatic carbocycles. The third-order valence-corrected chi connectivity index (χ3v) is 2.34. The van der Waals surface area contributed by atoms with E-state index in [1.165, 1.54) is 6.26 Å². The van der Waals surface area contributed by atoms with Gasteiger partial charge in [0.05, 0.1) is 12.3 Å². The maximum atomic E-state index is 11.7. The lowest BCUT2D eigenvalue weighted by Gasteiger charge is -2.12. The number of nitrogens with zero attached hydrogens (tertiary/aromatic N) is 2. The van der Waals surface area contributed by atoms with E-state index < -0.39 is 0 Å². The van der Waals surface area contributed by atoms with E-state index in [1.54, 1.807) is 18.3 Å². The van der Waals surface area contributed by atoms with Crippen molar-refractivity contribution >= 4 is 5.91 Å². The van der Waals surface area contributed by atoms with Gasteiger partial charge in [0.15, 0.2) is 5.76 Å². The fraction of sp³-hybridized carbons (Fsp3) is 0.273. The van der Waals surface area contributed by atoms with Crippen molar-refractivity contribution in [2.45, 2.75) is 13.0 Å². The van der Waals surface area contributed by atoms with Crippen LogP contribution in [0.15, 0.2) is 35.2 Å². The summed E-state index contributed by atoms with van der Waals surface area (Å²) in [6.07, 6.45) is 5.01. The Morgan fingerprint density at radius 3 is 3.00 bits per heavy atom. The van der Waals surface area contributed by atoms with E-state index in [0.717, 1.165) is 5.82 Å². The molecule has 0 saturated carbocycles. The van der Waals surface area contributed by atoms with E-state index >= 15 is 0 Å². The Bertz CT molecular complexity index is 473. The Morgan fingerprint density at radius 1 is 1.62 bits per heavy atom. The molecule has 2 aromatic heterocycles. The predicted octanol–water partition coefficient (Wildman–Crippen LogP) is 1.50. The lowest BCUT2D eigenvalue weighted by molar-refractivity contribution is 0.0910. The van der Waals surface area contributed by atoms with E-state index in [0.29, 0.717) is 5.76 Å². The SMILES string of the molecule is CC(NC(=O)c1ccco1)c1nccn1C. The van der Waals surface area contributed by atoms with E-state index in [-0.39, 0.29) is 11.9 Å². The van der Waals surface area contributed by atoms with Crippen LogP contribution < -0.4 is 5.32 Å². The highest BCUT2D eigenvalue weighted by Gasteiger charge is 2.15. The molecule has 0 aliphatic rings. The van der Waals surface area contributed by atoms with Crippen molar-refractivity contribution < 1.29 is 9.21 Å². The Hall–Kier alpha value is -2.04. The summed E-state index contributed by atoms with van der Waals surface area (Å²) in [4.78, 5) is 15.8. The molecule has 0 radical (unpaired) electrons. The van der Waals surface area contributed by atoms with Crippen molar-refractivity contribution in [1.29, 1.82) is 0 Å². The first-order valence-electron chi connectivity index (χ1n) is 5.00. The van der Waals surface area contributed by atoms with Gasteiger partial charge in [0, 0.05) is 19.4 Å². The molecule has 2 aromatic rings. The van der Waals surface area contributed by atoms with Crippen molar-refractivity contribution in [2.75, 3.05) is 0 Å². The highest BCUT2D eigenvalue weighted by molar-refractivity contribution is 5.91. The monoisotopic (exact) mass is 219 g/mol. The van der Waals surface area contributed by atoms with Crippen LogP contribution >= 0.6 is 0 Å². The van der Waals surface area contributed by atoms with Crippen molar-refractivity contribution in [3.63, 3.8) is 0 Å². The van der Waals surface area contributed by atoms with Gasteiger partial charge in [-0.2, -0.15) is 0 Å². The number of nitrogens with one attached hydrogen (secondary N) is 1. The molecule has 0 saturated heterocycles. The average molecular weight is 219 g/mol.